The lowest BCUT2D eigenvalue weighted by Crippen LogP contribution is -2.46. The van der Waals surface area contributed by atoms with E-state index >= 15 is 0 Å². The molecule has 3 nitrogen and oxygen atoms in total. The highest BCUT2D eigenvalue weighted by molar-refractivity contribution is 5.85. The van der Waals surface area contributed by atoms with Crippen LogP contribution in [0.25, 0.3) is 10.8 Å². The van der Waals surface area contributed by atoms with Gasteiger partial charge in [0.05, 0.1) is 0 Å². The van der Waals surface area contributed by atoms with Gasteiger partial charge in [0.1, 0.15) is 18.5 Å². The Hall–Kier alpha value is -2.07. The molecule has 1 unspecified atom stereocenters. The number of aliphatic hydroxyl groups excluding tert-OH is 1. The first-order chi connectivity index (χ1) is 12.5. The van der Waals surface area contributed by atoms with Crippen LogP contribution in [0.4, 0.5) is 0 Å². The van der Waals surface area contributed by atoms with Crippen LogP contribution >= 0.6 is 12.4 Å². The van der Waals surface area contributed by atoms with Crippen LogP contribution in [-0.2, 0) is 6.42 Å². The van der Waals surface area contributed by atoms with Crippen LogP contribution in [-0.4, -0.2) is 29.9 Å². The average Bonchev–Trinajstić information content (AvgIpc) is 2.65. The Labute approximate surface area is 167 Å². The topological polar surface area (TPSA) is 41.5 Å². The third-order valence-corrected chi connectivity index (χ3v) is 4.46. The number of halogens is 1. The lowest BCUT2D eigenvalue weighted by molar-refractivity contribution is 0.0988. The van der Waals surface area contributed by atoms with Gasteiger partial charge in [-0.3, -0.25) is 0 Å². The van der Waals surface area contributed by atoms with Gasteiger partial charge in [-0.05, 0) is 48.7 Å². The molecule has 0 saturated heterocycles. The van der Waals surface area contributed by atoms with Crippen molar-refractivity contribution < 1.29 is 9.84 Å². The van der Waals surface area contributed by atoms with Crippen LogP contribution in [0.3, 0.4) is 0 Å². The summed E-state index contributed by atoms with van der Waals surface area (Å²) in [6, 6.07) is 24.6. The Bertz CT molecular complexity index is 836. The first kappa shape index (κ1) is 21.2. The summed E-state index contributed by atoms with van der Waals surface area (Å²) in [4.78, 5) is 0. The van der Waals surface area contributed by atoms with Gasteiger partial charge < -0.3 is 15.2 Å². The maximum Gasteiger partial charge on any atom is 0.119 e. The molecule has 144 valence electrons. The van der Waals surface area contributed by atoms with E-state index in [0.29, 0.717) is 6.54 Å². The molecule has 0 heterocycles. The van der Waals surface area contributed by atoms with Crippen LogP contribution < -0.4 is 10.1 Å². The summed E-state index contributed by atoms with van der Waals surface area (Å²) in [7, 11) is 0. The molecule has 0 aliphatic carbocycles. The summed E-state index contributed by atoms with van der Waals surface area (Å²) >= 11 is 0. The number of para-hydroxylation sites is 1. The van der Waals surface area contributed by atoms with Gasteiger partial charge >= 0.3 is 0 Å². The fourth-order valence-corrected chi connectivity index (χ4v) is 3.08. The first-order valence-electron chi connectivity index (χ1n) is 9.10. The van der Waals surface area contributed by atoms with Gasteiger partial charge in [0.15, 0.2) is 0 Å². The number of hydrogen-bond acceptors (Lipinski definition) is 3. The number of nitrogens with one attached hydrogen (secondary N) is 1. The zero-order valence-corrected chi connectivity index (χ0v) is 16.7. The van der Waals surface area contributed by atoms with E-state index in [1.807, 2.05) is 30.3 Å². The third-order valence-electron chi connectivity index (χ3n) is 4.46. The third kappa shape index (κ3) is 6.55. The standard InChI is InChI=1S/C23H27NO2.ClH/c1-23(2,15-18-12-13-19-8-6-7-9-20(19)14-18)24-16-21(25)17-26-22-10-4-3-5-11-22;/h3-14,21,24-25H,15-17H2,1-2H3;1H. The van der Waals surface area contributed by atoms with Crippen molar-refractivity contribution in [2.24, 2.45) is 0 Å². The Morgan fingerprint density at radius 1 is 0.926 bits per heavy atom. The van der Waals surface area contributed by atoms with Crippen molar-refractivity contribution in [2.75, 3.05) is 13.2 Å². The molecule has 0 saturated carbocycles. The van der Waals surface area contributed by atoms with Crippen molar-refractivity contribution in [2.45, 2.75) is 31.9 Å². The van der Waals surface area contributed by atoms with Crippen molar-refractivity contribution in [3.63, 3.8) is 0 Å². The summed E-state index contributed by atoms with van der Waals surface area (Å²) in [6.07, 6.45) is 0.343. The second kappa shape index (κ2) is 9.75. The molecule has 0 spiro atoms. The highest BCUT2D eigenvalue weighted by atomic mass is 35.5. The zero-order valence-electron chi connectivity index (χ0n) is 15.9. The zero-order chi connectivity index (χ0) is 18.4. The van der Waals surface area contributed by atoms with E-state index in [0.717, 1.165) is 12.2 Å². The van der Waals surface area contributed by atoms with E-state index in [1.165, 1.54) is 16.3 Å². The Morgan fingerprint density at radius 3 is 2.33 bits per heavy atom. The van der Waals surface area contributed by atoms with Crippen LogP contribution in [0.2, 0.25) is 0 Å². The van der Waals surface area contributed by atoms with E-state index in [4.69, 9.17) is 4.74 Å². The Balaban J connectivity index is 0.00000261. The quantitative estimate of drug-likeness (QED) is 0.594. The van der Waals surface area contributed by atoms with Gasteiger partial charge in [0.25, 0.3) is 0 Å². The molecule has 0 aliphatic heterocycles. The van der Waals surface area contributed by atoms with E-state index in [2.05, 4.69) is 61.6 Å². The molecular weight excluding hydrogens is 358 g/mol. The van der Waals surface area contributed by atoms with E-state index < -0.39 is 6.10 Å². The number of rotatable bonds is 8. The van der Waals surface area contributed by atoms with Crippen molar-refractivity contribution >= 4 is 23.2 Å². The molecule has 3 rings (SSSR count). The Kier molecular flexibility index (Phi) is 7.66. The van der Waals surface area contributed by atoms with E-state index in [9.17, 15) is 5.11 Å². The molecule has 3 aromatic rings. The van der Waals surface area contributed by atoms with Gasteiger partial charge in [-0.1, -0.05) is 60.7 Å². The maximum atomic E-state index is 10.2. The molecule has 2 N–H and O–H groups in total. The molecule has 0 fully saturated rings. The summed E-state index contributed by atoms with van der Waals surface area (Å²) in [5.41, 5.74) is 1.17. The minimum absolute atomic E-state index is 0. The van der Waals surface area contributed by atoms with Crippen LogP contribution in [0.5, 0.6) is 5.75 Å². The number of aliphatic hydroxyl groups is 1. The SMILES string of the molecule is CC(C)(Cc1ccc2ccccc2c1)NCC(O)COc1ccccc1.Cl. The van der Waals surface area contributed by atoms with Crippen molar-refractivity contribution in [1.82, 2.24) is 5.32 Å². The molecule has 0 amide bonds. The minimum atomic E-state index is -0.550. The fraction of sp³-hybridized carbons (Fsp3) is 0.304. The molecule has 0 aliphatic rings. The molecule has 0 aromatic heterocycles. The average molecular weight is 386 g/mol. The smallest absolute Gasteiger partial charge is 0.119 e. The van der Waals surface area contributed by atoms with Crippen molar-refractivity contribution in [3.8, 4) is 5.75 Å². The lowest BCUT2D eigenvalue weighted by atomic mass is 9.93. The highest BCUT2D eigenvalue weighted by Gasteiger charge is 2.19. The minimum Gasteiger partial charge on any atom is -0.491 e. The largest absolute Gasteiger partial charge is 0.491 e. The number of fused-ring (bicyclic) bond motifs is 1. The molecule has 3 aromatic carbocycles. The summed E-state index contributed by atoms with van der Waals surface area (Å²) < 4.78 is 5.61. The van der Waals surface area contributed by atoms with Gasteiger partial charge in [0, 0.05) is 12.1 Å². The van der Waals surface area contributed by atoms with Gasteiger partial charge in [-0.15, -0.1) is 12.4 Å². The Morgan fingerprint density at radius 2 is 1.59 bits per heavy atom. The summed E-state index contributed by atoms with van der Waals surface area (Å²) in [5, 5.41) is 16.2. The number of β-amino-alcohol motifs (C(OH)–C–C–N with tert-alkyl or cyclic N) is 1. The van der Waals surface area contributed by atoms with E-state index in [1.54, 1.807) is 0 Å². The monoisotopic (exact) mass is 385 g/mol. The maximum absolute atomic E-state index is 10.2. The van der Waals surface area contributed by atoms with Gasteiger partial charge in [0.2, 0.25) is 0 Å². The molecular formula is C23H28ClNO2. The lowest BCUT2D eigenvalue weighted by Gasteiger charge is -2.28. The van der Waals surface area contributed by atoms with Crippen molar-refractivity contribution in [1.29, 1.82) is 0 Å². The second-order valence-electron chi connectivity index (χ2n) is 7.40. The number of ether oxygens (including phenoxy) is 1. The van der Waals surface area contributed by atoms with Gasteiger partial charge in [-0.25, -0.2) is 0 Å². The summed E-state index contributed by atoms with van der Waals surface area (Å²) in [5.74, 6) is 0.780. The predicted molar refractivity (Wildman–Crippen MR) is 115 cm³/mol. The molecule has 27 heavy (non-hydrogen) atoms. The van der Waals surface area contributed by atoms with Gasteiger partial charge in [-0.2, -0.15) is 0 Å². The predicted octanol–water partition coefficient (Wildman–Crippen LogP) is 4.61. The second-order valence-corrected chi connectivity index (χ2v) is 7.40. The summed E-state index contributed by atoms with van der Waals surface area (Å²) in [6.45, 7) is 5.09. The highest BCUT2D eigenvalue weighted by Crippen LogP contribution is 2.19. The van der Waals surface area contributed by atoms with Crippen LogP contribution in [0.1, 0.15) is 19.4 Å². The molecule has 0 radical (unpaired) electrons. The normalized spacial score (nSPS) is 12.4. The van der Waals surface area contributed by atoms with Crippen molar-refractivity contribution in [3.05, 3.63) is 78.4 Å². The number of benzene rings is 3. The van der Waals surface area contributed by atoms with Crippen LogP contribution in [0.15, 0.2) is 72.8 Å². The fourth-order valence-electron chi connectivity index (χ4n) is 3.08. The van der Waals surface area contributed by atoms with Crippen LogP contribution in [0, 0.1) is 0 Å². The molecule has 1 atom stereocenters. The molecule has 0 bridgehead atoms. The molecule has 4 heteroatoms. The first-order valence-corrected chi connectivity index (χ1v) is 9.10. The van der Waals surface area contributed by atoms with E-state index in [-0.39, 0.29) is 24.6 Å². The number of hydrogen-bond donors (Lipinski definition) is 2.